The van der Waals surface area contributed by atoms with Crippen molar-refractivity contribution in [1.82, 2.24) is 0 Å². The molecule has 1 fully saturated rings. The van der Waals surface area contributed by atoms with Crippen LogP contribution in [0.2, 0.25) is 0 Å². The average molecular weight is 192 g/mol. The molecule has 1 rings (SSSR count). The number of rotatable bonds is 0. The van der Waals surface area contributed by atoms with E-state index in [4.69, 9.17) is 0 Å². The summed E-state index contributed by atoms with van der Waals surface area (Å²) in [6.07, 6.45) is -7.48. The van der Waals surface area contributed by atoms with Gasteiger partial charge in [-0.2, -0.15) is 24.9 Å². The highest BCUT2D eigenvalue weighted by Gasteiger charge is 2.63. The van der Waals surface area contributed by atoms with Crippen molar-refractivity contribution < 1.29 is 22.0 Å². The van der Waals surface area contributed by atoms with Crippen LogP contribution in [0.5, 0.6) is 0 Å². The summed E-state index contributed by atoms with van der Waals surface area (Å²) in [5.74, 6) is -1.23. The van der Waals surface area contributed by atoms with Crippen LogP contribution in [0, 0.1) is 0 Å². The molecule has 0 aromatic carbocycles. The van der Waals surface area contributed by atoms with E-state index in [1.807, 2.05) is 0 Å². The normalized spacial score (nSPS) is 39.5. The predicted octanol–water partition coefficient (Wildman–Crippen LogP) is 2.34. The molecule has 1 aliphatic rings. The van der Waals surface area contributed by atoms with Crippen LogP contribution in [0.15, 0.2) is 0 Å². The molecule has 0 bridgehead atoms. The van der Waals surface area contributed by atoms with Crippen molar-refractivity contribution in [1.29, 1.82) is 0 Å². The van der Waals surface area contributed by atoms with E-state index >= 15 is 0 Å². The Kier molecular flexibility index (Phi) is 2.07. The van der Waals surface area contributed by atoms with Gasteiger partial charge in [0.2, 0.25) is 5.67 Å². The molecular formula is C5H5F5S. The molecule has 0 amide bonds. The Morgan fingerprint density at radius 1 is 1.36 bits per heavy atom. The van der Waals surface area contributed by atoms with E-state index < -0.39 is 29.5 Å². The van der Waals surface area contributed by atoms with Gasteiger partial charge in [-0.05, 0) is 0 Å². The van der Waals surface area contributed by atoms with Crippen molar-refractivity contribution in [2.45, 2.75) is 18.0 Å². The van der Waals surface area contributed by atoms with Crippen molar-refractivity contribution in [3.8, 4) is 0 Å². The van der Waals surface area contributed by atoms with E-state index in [9.17, 15) is 22.0 Å². The first kappa shape index (κ1) is 9.09. The standard InChI is InChI=1S/C5H5F5S/c6-3-1-11-2-4(3,7)5(8,9)10/h3H,1-2H2. The minimum atomic E-state index is -5.07. The predicted molar refractivity (Wildman–Crippen MR) is 32.1 cm³/mol. The van der Waals surface area contributed by atoms with Crippen molar-refractivity contribution in [2.24, 2.45) is 0 Å². The summed E-state index contributed by atoms with van der Waals surface area (Å²) in [5, 5.41) is 0. The zero-order valence-electron chi connectivity index (χ0n) is 5.29. The van der Waals surface area contributed by atoms with Gasteiger partial charge in [-0.25, -0.2) is 8.78 Å². The molecule has 2 unspecified atom stereocenters. The molecular weight excluding hydrogens is 187 g/mol. The van der Waals surface area contributed by atoms with Crippen LogP contribution in [-0.2, 0) is 0 Å². The molecule has 0 aromatic rings. The molecule has 6 heteroatoms. The number of thioether (sulfide) groups is 1. The molecule has 2 atom stereocenters. The van der Waals surface area contributed by atoms with Gasteiger partial charge in [0, 0.05) is 11.5 Å². The molecule has 1 aliphatic heterocycles. The first-order valence-electron chi connectivity index (χ1n) is 2.85. The summed E-state index contributed by atoms with van der Waals surface area (Å²) < 4.78 is 60.3. The lowest BCUT2D eigenvalue weighted by molar-refractivity contribution is -0.235. The fraction of sp³-hybridized carbons (Fsp3) is 1.00. The van der Waals surface area contributed by atoms with Crippen molar-refractivity contribution in [3.63, 3.8) is 0 Å². The van der Waals surface area contributed by atoms with Gasteiger partial charge in [0.1, 0.15) is 0 Å². The van der Waals surface area contributed by atoms with Crippen LogP contribution >= 0.6 is 11.8 Å². The Morgan fingerprint density at radius 2 is 1.91 bits per heavy atom. The molecule has 0 aliphatic carbocycles. The zero-order chi connectivity index (χ0) is 8.70. The summed E-state index contributed by atoms with van der Waals surface area (Å²) in [6, 6.07) is 0. The summed E-state index contributed by atoms with van der Waals surface area (Å²) in [5.41, 5.74) is -3.61. The quantitative estimate of drug-likeness (QED) is 0.531. The van der Waals surface area contributed by atoms with Gasteiger partial charge in [0.15, 0.2) is 6.17 Å². The van der Waals surface area contributed by atoms with Gasteiger partial charge >= 0.3 is 6.18 Å². The fourth-order valence-corrected chi connectivity index (χ4v) is 2.02. The van der Waals surface area contributed by atoms with Crippen LogP contribution in [0.4, 0.5) is 22.0 Å². The highest BCUT2D eigenvalue weighted by molar-refractivity contribution is 7.99. The number of hydrogen-bond donors (Lipinski definition) is 0. The summed E-state index contributed by atoms with van der Waals surface area (Å²) in [4.78, 5) is 0. The van der Waals surface area contributed by atoms with Crippen LogP contribution in [0.1, 0.15) is 0 Å². The van der Waals surface area contributed by atoms with Gasteiger partial charge in [-0.1, -0.05) is 0 Å². The molecule has 0 spiro atoms. The van der Waals surface area contributed by atoms with Crippen LogP contribution in [0.3, 0.4) is 0 Å². The Labute approximate surface area is 64.1 Å². The highest BCUT2D eigenvalue weighted by atomic mass is 32.2. The number of halogens is 5. The van der Waals surface area contributed by atoms with Crippen LogP contribution in [-0.4, -0.2) is 29.5 Å². The van der Waals surface area contributed by atoms with E-state index in [-0.39, 0.29) is 0 Å². The minimum Gasteiger partial charge on any atom is -0.243 e. The van der Waals surface area contributed by atoms with Crippen LogP contribution in [0.25, 0.3) is 0 Å². The maximum atomic E-state index is 12.7. The minimum absolute atomic E-state index is 0.407. The number of alkyl halides is 5. The van der Waals surface area contributed by atoms with Crippen LogP contribution < -0.4 is 0 Å². The first-order valence-corrected chi connectivity index (χ1v) is 4.01. The van der Waals surface area contributed by atoms with Crippen molar-refractivity contribution in [2.75, 3.05) is 11.5 Å². The Hall–Kier alpha value is -0.0000000000000000555. The maximum absolute atomic E-state index is 12.7. The second-order valence-electron chi connectivity index (χ2n) is 2.34. The molecule has 66 valence electrons. The lowest BCUT2D eigenvalue weighted by Gasteiger charge is -2.23. The average Bonchev–Trinajstić information content (AvgIpc) is 2.12. The SMILES string of the molecule is FC1CSCC1(F)C(F)(F)F. The molecule has 1 saturated heterocycles. The van der Waals surface area contributed by atoms with Gasteiger partial charge in [0.25, 0.3) is 0 Å². The van der Waals surface area contributed by atoms with E-state index in [1.54, 1.807) is 0 Å². The molecule has 1 heterocycles. The first-order chi connectivity index (χ1) is 4.88. The molecule has 0 aromatic heterocycles. The third-order valence-corrected chi connectivity index (χ3v) is 2.70. The van der Waals surface area contributed by atoms with E-state index in [1.165, 1.54) is 0 Å². The highest BCUT2D eigenvalue weighted by Crippen LogP contribution is 2.45. The van der Waals surface area contributed by atoms with Gasteiger partial charge in [-0.15, -0.1) is 0 Å². The molecule has 0 radical (unpaired) electrons. The largest absolute Gasteiger partial charge is 0.426 e. The molecule has 0 saturated carbocycles. The zero-order valence-corrected chi connectivity index (χ0v) is 6.11. The Balaban J connectivity index is 2.81. The Morgan fingerprint density at radius 3 is 2.09 bits per heavy atom. The van der Waals surface area contributed by atoms with Gasteiger partial charge in [-0.3, -0.25) is 0 Å². The van der Waals surface area contributed by atoms with E-state index in [0.29, 0.717) is 11.8 Å². The smallest absolute Gasteiger partial charge is 0.243 e. The van der Waals surface area contributed by atoms with Gasteiger partial charge in [0.05, 0.1) is 0 Å². The fourth-order valence-electron chi connectivity index (χ4n) is 0.793. The van der Waals surface area contributed by atoms with Gasteiger partial charge < -0.3 is 0 Å². The topological polar surface area (TPSA) is 0 Å². The monoisotopic (exact) mass is 192 g/mol. The third-order valence-electron chi connectivity index (χ3n) is 1.54. The van der Waals surface area contributed by atoms with Crippen molar-refractivity contribution in [3.05, 3.63) is 0 Å². The lowest BCUT2D eigenvalue weighted by atomic mass is 10.0. The maximum Gasteiger partial charge on any atom is 0.426 e. The molecule has 0 nitrogen and oxygen atoms in total. The molecule has 0 N–H and O–H groups in total. The van der Waals surface area contributed by atoms with E-state index in [2.05, 4.69) is 0 Å². The number of hydrogen-bond acceptors (Lipinski definition) is 1. The summed E-state index contributed by atoms with van der Waals surface area (Å²) >= 11 is 0.646. The lowest BCUT2D eigenvalue weighted by Crippen LogP contribution is -2.48. The van der Waals surface area contributed by atoms with E-state index in [0.717, 1.165) is 0 Å². The molecule has 11 heavy (non-hydrogen) atoms. The second kappa shape index (κ2) is 2.50. The Bertz CT molecular complexity index is 155. The van der Waals surface area contributed by atoms with Crippen molar-refractivity contribution >= 4 is 11.8 Å². The summed E-state index contributed by atoms with van der Waals surface area (Å²) in [7, 11) is 0. The summed E-state index contributed by atoms with van der Waals surface area (Å²) in [6.45, 7) is 0. The third kappa shape index (κ3) is 1.32. The second-order valence-corrected chi connectivity index (χ2v) is 3.37.